The zero-order chi connectivity index (χ0) is 23.5. The first-order chi connectivity index (χ1) is 16.6. The van der Waals surface area contributed by atoms with Gasteiger partial charge in [-0.05, 0) is 29.8 Å². The van der Waals surface area contributed by atoms with E-state index in [-0.39, 0.29) is 18.4 Å². The summed E-state index contributed by atoms with van der Waals surface area (Å²) in [5.41, 5.74) is 2.89. The summed E-state index contributed by atoms with van der Waals surface area (Å²) in [6.45, 7) is 1.59. The highest BCUT2D eigenvalue weighted by Crippen LogP contribution is 2.31. The van der Waals surface area contributed by atoms with Gasteiger partial charge in [-0.2, -0.15) is 0 Å². The first-order valence-electron chi connectivity index (χ1n) is 11.4. The Kier molecular flexibility index (Phi) is 6.52. The number of imidazole rings is 1. The number of carbonyl (C=O) groups is 1. The van der Waals surface area contributed by atoms with Crippen LogP contribution in [0.2, 0.25) is 5.02 Å². The molecule has 7 heteroatoms. The molecular formula is C27H26ClN3O3. The van der Waals surface area contributed by atoms with Gasteiger partial charge < -0.3 is 19.3 Å². The molecule has 2 heterocycles. The Morgan fingerprint density at radius 2 is 1.76 bits per heavy atom. The van der Waals surface area contributed by atoms with E-state index in [2.05, 4.69) is 0 Å². The number of amides is 1. The average Bonchev–Trinajstić information content (AvgIpc) is 3.39. The molecule has 5 rings (SSSR count). The van der Waals surface area contributed by atoms with Crippen molar-refractivity contribution < 1.29 is 14.6 Å². The number of nitrogens with zero attached hydrogens (tertiary/aromatic N) is 3. The Morgan fingerprint density at radius 3 is 2.59 bits per heavy atom. The van der Waals surface area contributed by atoms with Crippen LogP contribution in [0.5, 0.6) is 5.75 Å². The first kappa shape index (κ1) is 22.4. The molecule has 4 aromatic rings. The van der Waals surface area contributed by atoms with Gasteiger partial charge in [-0.1, -0.05) is 66.2 Å². The van der Waals surface area contributed by atoms with Crippen LogP contribution in [0.4, 0.5) is 0 Å². The third-order valence-electron chi connectivity index (χ3n) is 6.14. The van der Waals surface area contributed by atoms with Crippen LogP contribution in [-0.4, -0.2) is 44.7 Å². The predicted octanol–water partition coefficient (Wildman–Crippen LogP) is 4.65. The van der Waals surface area contributed by atoms with Gasteiger partial charge in [0.15, 0.2) is 0 Å². The van der Waals surface area contributed by atoms with Gasteiger partial charge in [0.1, 0.15) is 24.3 Å². The minimum Gasteiger partial charge on any atom is -0.489 e. The number of rotatable bonds is 8. The number of hydrogen-bond acceptors (Lipinski definition) is 4. The smallest absolute Gasteiger partial charge is 0.223 e. The van der Waals surface area contributed by atoms with E-state index < -0.39 is 6.10 Å². The van der Waals surface area contributed by atoms with Crippen molar-refractivity contribution >= 4 is 28.5 Å². The Hall–Kier alpha value is -3.35. The maximum absolute atomic E-state index is 12.8. The normalized spacial score (nSPS) is 16.8. The molecule has 3 aromatic carbocycles. The molecule has 1 fully saturated rings. The third kappa shape index (κ3) is 4.79. The fourth-order valence-electron chi connectivity index (χ4n) is 4.51. The number of fused-ring (bicyclic) bond motifs is 1. The van der Waals surface area contributed by atoms with Crippen molar-refractivity contribution in [3.8, 4) is 5.75 Å². The molecule has 2 atom stereocenters. The van der Waals surface area contributed by atoms with Crippen molar-refractivity contribution in [2.75, 3.05) is 13.2 Å². The molecule has 1 N–H and O–H groups in total. The Labute approximate surface area is 203 Å². The average molecular weight is 476 g/mol. The number of carbonyl (C=O) groups excluding carboxylic acids is 1. The number of hydrogen-bond donors (Lipinski definition) is 1. The largest absolute Gasteiger partial charge is 0.489 e. The highest BCUT2D eigenvalue weighted by molar-refractivity contribution is 6.32. The van der Waals surface area contributed by atoms with E-state index in [0.29, 0.717) is 36.8 Å². The topological polar surface area (TPSA) is 67.6 Å². The van der Waals surface area contributed by atoms with E-state index in [1.54, 1.807) is 12.1 Å². The summed E-state index contributed by atoms with van der Waals surface area (Å²) in [6, 6.07) is 25.1. The van der Waals surface area contributed by atoms with Crippen LogP contribution in [0.3, 0.4) is 0 Å². The number of halogens is 1. The van der Waals surface area contributed by atoms with Crippen LogP contribution in [-0.2, 0) is 17.9 Å². The SMILES string of the molecule is O=C1C[C@@H](c2nc3ccccc3n2C[C@H](O)COc2ccccc2Cl)CN1Cc1ccccc1. The summed E-state index contributed by atoms with van der Waals surface area (Å²) in [7, 11) is 0. The molecule has 34 heavy (non-hydrogen) atoms. The van der Waals surface area contributed by atoms with Crippen molar-refractivity contribution in [1.29, 1.82) is 0 Å². The number of ether oxygens (including phenoxy) is 1. The number of aliphatic hydroxyl groups is 1. The number of para-hydroxylation sites is 3. The lowest BCUT2D eigenvalue weighted by molar-refractivity contribution is -0.128. The Bertz CT molecular complexity index is 1290. The second-order valence-electron chi connectivity index (χ2n) is 8.63. The van der Waals surface area contributed by atoms with Gasteiger partial charge in [-0.3, -0.25) is 4.79 Å². The van der Waals surface area contributed by atoms with Crippen molar-refractivity contribution in [1.82, 2.24) is 14.5 Å². The fraction of sp³-hybridized carbons (Fsp3) is 0.259. The van der Waals surface area contributed by atoms with Gasteiger partial charge in [-0.15, -0.1) is 0 Å². The van der Waals surface area contributed by atoms with Crippen LogP contribution in [0.25, 0.3) is 11.0 Å². The van der Waals surface area contributed by atoms with E-state index in [9.17, 15) is 9.90 Å². The lowest BCUT2D eigenvalue weighted by Crippen LogP contribution is -2.26. The summed E-state index contributed by atoms with van der Waals surface area (Å²) in [6.07, 6.45) is -0.368. The van der Waals surface area contributed by atoms with Crippen LogP contribution in [0.15, 0.2) is 78.9 Å². The molecule has 1 aliphatic rings. The van der Waals surface area contributed by atoms with Gasteiger partial charge in [0, 0.05) is 25.4 Å². The van der Waals surface area contributed by atoms with Gasteiger partial charge in [0.05, 0.1) is 22.6 Å². The van der Waals surface area contributed by atoms with Crippen molar-refractivity contribution in [2.24, 2.45) is 0 Å². The Morgan fingerprint density at radius 1 is 1.03 bits per heavy atom. The third-order valence-corrected chi connectivity index (χ3v) is 6.45. The monoisotopic (exact) mass is 475 g/mol. The van der Waals surface area contributed by atoms with Gasteiger partial charge in [0.25, 0.3) is 0 Å². The minimum atomic E-state index is -0.773. The predicted molar refractivity (Wildman–Crippen MR) is 132 cm³/mol. The lowest BCUT2D eigenvalue weighted by atomic mass is 10.1. The van der Waals surface area contributed by atoms with Crippen molar-refractivity contribution in [3.63, 3.8) is 0 Å². The van der Waals surface area contributed by atoms with Crippen LogP contribution in [0.1, 0.15) is 23.7 Å². The van der Waals surface area contributed by atoms with E-state index in [0.717, 1.165) is 22.4 Å². The highest BCUT2D eigenvalue weighted by Gasteiger charge is 2.34. The summed E-state index contributed by atoms with van der Waals surface area (Å²) < 4.78 is 7.77. The summed E-state index contributed by atoms with van der Waals surface area (Å²) >= 11 is 6.17. The van der Waals surface area contributed by atoms with Gasteiger partial charge in [0.2, 0.25) is 5.91 Å². The minimum absolute atomic E-state index is 0.0414. The van der Waals surface area contributed by atoms with Crippen molar-refractivity contribution in [3.05, 3.63) is 95.3 Å². The molecule has 1 aliphatic heterocycles. The maximum atomic E-state index is 12.8. The molecule has 6 nitrogen and oxygen atoms in total. The van der Waals surface area contributed by atoms with E-state index in [1.165, 1.54) is 0 Å². The second kappa shape index (κ2) is 9.87. The molecule has 1 aromatic heterocycles. The molecule has 0 bridgehead atoms. The van der Waals surface area contributed by atoms with Crippen LogP contribution < -0.4 is 4.74 Å². The van der Waals surface area contributed by atoms with Crippen molar-refractivity contribution in [2.45, 2.75) is 31.5 Å². The zero-order valence-corrected chi connectivity index (χ0v) is 19.4. The number of aromatic nitrogens is 2. The van der Waals surface area contributed by atoms with Gasteiger partial charge in [-0.25, -0.2) is 4.98 Å². The molecule has 0 aliphatic carbocycles. The molecule has 0 saturated carbocycles. The molecule has 1 saturated heterocycles. The Balaban J connectivity index is 1.35. The fourth-order valence-corrected chi connectivity index (χ4v) is 4.70. The summed E-state index contributed by atoms with van der Waals surface area (Å²) in [5.74, 6) is 1.44. The van der Waals surface area contributed by atoms with E-state index >= 15 is 0 Å². The molecular weight excluding hydrogens is 450 g/mol. The molecule has 1 amide bonds. The highest BCUT2D eigenvalue weighted by atomic mass is 35.5. The second-order valence-corrected chi connectivity index (χ2v) is 9.03. The lowest BCUT2D eigenvalue weighted by Gasteiger charge is -2.19. The zero-order valence-electron chi connectivity index (χ0n) is 18.7. The number of aliphatic hydroxyl groups excluding tert-OH is 1. The number of likely N-dealkylation sites (tertiary alicyclic amines) is 1. The van der Waals surface area contributed by atoms with Crippen LogP contribution in [0, 0.1) is 0 Å². The summed E-state index contributed by atoms with van der Waals surface area (Å²) in [4.78, 5) is 19.6. The quantitative estimate of drug-likeness (QED) is 0.403. The van der Waals surface area contributed by atoms with E-state index in [1.807, 2.05) is 76.2 Å². The molecule has 174 valence electrons. The van der Waals surface area contributed by atoms with E-state index in [4.69, 9.17) is 21.3 Å². The molecule has 0 spiro atoms. The first-order valence-corrected chi connectivity index (χ1v) is 11.8. The van der Waals surface area contributed by atoms with Gasteiger partial charge >= 0.3 is 0 Å². The standard InChI is InChI=1S/C27H26ClN3O3/c28-22-10-4-7-13-25(22)34-18-21(32)17-31-24-12-6-5-11-23(24)29-27(31)20-14-26(33)30(16-20)15-19-8-2-1-3-9-19/h1-13,20-21,32H,14-18H2/t20-,21+/m1/s1. The summed E-state index contributed by atoms with van der Waals surface area (Å²) in [5, 5.41) is 11.3. The van der Waals surface area contributed by atoms with Crippen LogP contribution >= 0.6 is 11.6 Å². The maximum Gasteiger partial charge on any atom is 0.223 e. The molecule has 0 unspecified atom stereocenters. The number of benzene rings is 3. The molecule has 0 radical (unpaired) electrons.